The summed E-state index contributed by atoms with van der Waals surface area (Å²) in [5.74, 6) is 7.70. The second kappa shape index (κ2) is 6.01. The van der Waals surface area contributed by atoms with Crippen molar-refractivity contribution in [2.75, 3.05) is 23.9 Å². The molecular weight excluding hydrogens is 216 g/mol. The number of aromatic nitrogens is 2. The predicted molar refractivity (Wildman–Crippen MR) is 67.4 cm³/mol. The highest BCUT2D eigenvalue weighted by atomic mass is 15.3. The van der Waals surface area contributed by atoms with Crippen LogP contribution in [-0.4, -0.2) is 23.6 Å². The smallest absolute Gasteiger partial charge is 0.145 e. The molecule has 3 N–H and O–H groups in total. The highest BCUT2D eigenvalue weighted by Gasteiger charge is 2.10. The maximum Gasteiger partial charge on any atom is 0.145 e. The van der Waals surface area contributed by atoms with E-state index in [0.717, 1.165) is 11.6 Å². The van der Waals surface area contributed by atoms with Gasteiger partial charge in [0.1, 0.15) is 17.5 Å². The summed E-state index contributed by atoms with van der Waals surface area (Å²) < 4.78 is 0. The Kier molecular flexibility index (Phi) is 4.67. The first-order valence-electron chi connectivity index (χ1n) is 5.52. The fourth-order valence-electron chi connectivity index (χ4n) is 1.31. The molecule has 1 heterocycles. The number of nitrogens with two attached hydrogens (primary N) is 1. The molecule has 0 aliphatic rings. The maximum absolute atomic E-state index is 8.56. The van der Waals surface area contributed by atoms with E-state index in [1.165, 1.54) is 0 Å². The zero-order valence-corrected chi connectivity index (χ0v) is 10.4. The molecule has 1 aromatic rings. The van der Waals surface area contributed by atoms with Crippen molar-refractivity contribution in [2.45, 2.75) is 26.2 Å². The Hall–Kier alpha value is -1.87. The van der Waals surface area contributed by atoms with E-state index < -0.39 is 0 Å². The molecule has 0 aromatic carbocycles. The summed E-state index contributed by atoms with van der Waals surface area (Å²) >= 11 is 0. The topological polar surface area (TPSA) is 90.9 Å². The largest absolute Gasteiger partial charge is 0.358 e. The van der Waals surface area contributed by atoms with Crippen molar-refractivity contribution in [1.29, 1.82) is 5.26 Å². The van der Waals surface area contributed by atoms with Crippen LogP contribution in [0.15, 0.2) is 6.07 Å². The summed E-state index contributed by atoms with van der Waals surface area (Å²) in [6.07, 6.45) is 0.461. The summed E-state index contributed by atoms with van der Waals surface area (Å²) in [6.45, 7) is 4.68. The van der Waals surface area contributed by atoms with Gasteiger partial charge in [-0.25, -0.2) is 15.8 Å². The number of rotatable bonds is 5. The molecular formula is C11H18N6. The van der Waals surface area contributed by atoms with E-state index in [0.29, 0.717) is 18.8 Å². The van der Waals surface area contributed by atoms with Crippen LogP contribution in [0.3, 0.4) is 0 Å². The Bertz CT molecular complexity index is 409. The van der Waals surface area contributed by atoms with E-state index in [4.69, 9.17) is 11.1 Å². The molecule has 0 aliphatic heterocycles. The summed E-state index contributed by atoms with van der Waals surface area (Å²) in [6, 6.07) is 3.88. The zero-order valence-electron chi connectivity index (χ0n) is 10.4. The minimum atomic E-state index is 0.228. The predicted octanol–water partition coefficient (Wildman–Crippen LogP) is 1.24. The SMILES string of the molecule is CC(C)c1nc(NN)cc(N(C)CCC#N)n1. The van der Waals surface area contributed by atoms with Crippen molar-refractivity contribution in [2.24, 2.45) is 5.84 Å². The van der Waals surface area contributed by atoms with Gasteiger partial charge in [-0.15, -0.1) is 0 Å². The normalized spacial score (nSPS) is 10.1. The molecule has 0 bridgehead atoms. The van der Waals surface area contributed by atoms with E-state index >= 15 is 0 Å². The quantitative estimate of drug-likeness (QED) is 0.588. The van der Waals surface area contributed by atoms with Gasteiger partial charge >= 0.3 is 0 Å². The summed E-state index contributed by atoms with van der Waals surface area (Å²) in [7, 11) is 1.89. The third-order valence-corrected chi connectivity index (χ3v) is 2.34. The van der Waals surface area contributed by atoms with Gasteiger partial charge in [-0.05, 0) is 0 Å². The van der Waals surface area contributed by atoms with Crippen LogP contribution in [0.1, 0.15) is 32.0 Å². The summed E-state index contributed by atoms with van der Waals surface area (Å²) in [5.41, 5.74) is 2.53. The van der Waals surface area contributed by atoms with Crippen molar-refractivity contribution >= 4 is 11.6 Å². The van der Waals surface area contributed by atoms with Crippen molar-refractivity contribution in [3.63, 3.8) is 0 Å². The number of anilines is 2. The summed E-state index contributed by atoms with van der Waals surface area (Å²) in [4.78, 5) is 10.6. The van der Waals surface area contributed by atoms with E-state index in [2.05, 4.69) is 21.5 Å². The van der Waals surface area contributed by atoms with Gasteiger partial charge in [-0.3, -0.25) is 0 Å². The zero-order chi connectivity index (χ0) is 12.8. The molecule has 0 saturated heterocycles. The lowest BCUT2D eigenvalue weighted by Gasteiger charge is -2.18. The molecule has 0 unspecified atom stereocenters. The van der Waals surface area contributed by atoms with Gasteiger partial charge in [-0.2, -0.15) is 5.26 Å². The Morgan fingerprint density at radius 1 is 1.53 bits per heavy atom. The van der Waals surface area contributed by atoms with Gasteiger partial charge in [0, 0.05) is 25.6 Å². The van der Waals surface area contributed by atoms with Gasteiger partial charge in [0.05, 0.1) is 12.5 Å². The number of hydrazine groups is 1. The van der Waals surface area contributed by atoms with Gasteiger partial charge in [-0.1, -0.05) is 13.8 Å². The number of nitrogens with zero attached hydrogens (tertiary/aromatic N) is 4. The van der Waals surface area contributed by atoms with Crippen LogP contribution >= 0.6 is 0 Å². The molecule has 1 aromatic heterocycles. The van der Waals surface area contributed by atoms with Crippen LogP contribution in [0.5, 0.6) is 0 Å². The molecule has 0 atom stereocenters. The molecule has 0 radical (unpaired) electrons. The second-order valence-electron chi connectivity index (χ2n) is 4.10. The van der Waals surface area contributed by atoms with Gasteiger partial charge in [0.15, 0.2) is 0 Å². The Labute approximate surface area is 101 Å². The third-order valence-electron chi connectivity index (χ3n) is 2.34. The fraction of sp³-hybridized carbons (Fsp3) is 0.545. The number of nitriles is 1. The number of nitrogens with one attached hydrogen (secondary N) is 1. The first-order valence-corrected chi connectivity index (χ1v) is 5.52. The molecule has 17 heavy (non-hydrogen) atoms. The highest BCUT2D eigenvalue weighted by Crippen LogP contribution is 2.18. The van der Waals surface area contributed by atoms with Crippen LogP contribution in [0.25, 0.3) is 0 Å². The van der Waals surface area contributed by atoms with Crippen molar-refractivity contribution in [1.82, 2.24) is 9.97 Å². The Morgan fingerprint density at radius 2 is 2.24 bits per heavy atom. The highest BCUT2D eigenvalue weighted by molar-refractivity contribution is 5.48. The Morgan fingerprint density at radius 3 is 2.76 bits per heavy atom. The fourth-order valence-corrected chi connectivity index (χ4v) is 1.31. The molecule has 1 rings (SSSR count). The van der Waals surface area contributed by atoms with Crippen molar-refractivity contribution in [3.8, 4) is 6.07 Å². The molecule has 0 aliphatic carbocycles. The van der Waals surface area contributed by atoms with Crippen LogP contribution in [0, 0.1) is 11.3 Å². The van der Waals surface area contributed by atoms with Gasteiger partial charge < -0.3 is 10.3 Å². The van der Waals surface area contributed by atoms with E-state index in [1.54, 1.807) is 6.07 Å². The van der Waals surface area contributed by atoms with Crippen LogP contribution in [0.4, 0.5) is 11.6 Å². The third kappa shape index (κ3) is 3.57. The Balaban J connectivity index is 2.98. The standard InChI is InChI=1S/C11H18N6/c1-8(2)11-14-9(16-13)7-10(15-11)17(3)6-4-5-12/h7-8H,4,6,13H2,1-3H3,(H,14,15,16). The minimum Gasteiger partial charge on any atom is -0.358 e. The molecule has 0 fully saturated rings. The first kappa shape index (κ1) is 13.2. The number of nitrogen functional groups attached to an aromatic ring is 1. The van der Waals surface area contributed by atoms with Crippen LogP contribution < -0.4 is 16.2 Å². The first-order chi connectivity index (χ1) is 8.08. The molecule has 0 saturated carbocycles. The van der Waals surface area contributed by atoms with Crippen LogP contribution in [-0.2, 0) is 0 Å². The molecule has 0 spiro atoms. The van der Waals surface area contributed by atoms with Gasteiger partial charge in [0.25, 0.3) is 0 Å². The summed E-state index contributed by atoms with van der Waals surface area (Å²) in [5, 5.41) is 8.56. The minimum absolute atomic E-state index is 0.228. The van der Waals surface area contributed by atoms with E-state index in [9.17, 15) is 0 Å². The van der Waals surface area contributed by atoms with Gasteiger partial charge in [0.2, 0.25) is 0 Å². The second-order valence-corrected chi connectivity index (χ2v) is 4.10. The van der Waals surface area contributed by atoms with Crippen molar-refractivity contribution in [3.05, 3.63) is 11.9 Å². The molecule has 6 heteroatoms. The lowest BCUT2D eigenvalue weighted by atomic mass is 10.2. The van der Waals surface area contributed by atoms with Crippen molar-refractivity contribution < 1.29 is 0 Å². The van der Waals surface area contributed by atoms with Crippen LogP contribution in [0.2, 0.25) is 0 Å². The number of hydrogen-bond acceptors (Lipinski definition) is 6. The average molecular weight is 234 g/mol. The van der Waals surface area contributed by atoms with E-state index in [-0.39, 0.29) is 5.92 Å². The lowest BCUT2D eigenvalue weighted by Crippen LogP contribution is -2.21. The lowest BCUT2D eigenvalue weighted by molar-refractivity contribution is 0.763. The molecule has 0 amide bonds. The molecule has 92 valence electrons. The average Bonchev–Trinajstić information content (AvgIpc) is 2.35. The number of hydrogen-bond donors (Lipinski definition) is 2. The van der Waals surface area contributed by atoms with E-state index in [1.807, 2.05) is 25.8 Å². The maximum atomic E-state index is 8.56. The monoisotopic (exact) mass is 234 g/mol. The molecule has 6 nitrogen and oxygen atoms in total.